The summed E-state index contributed by atoms with van der Waals surface area (Å²) in [5.41, 5.74) is 1.18. The highest BCUT2D eigenvalue weighted by Gasteiger charge is 2.15. The van der Waals surface area contributed by atoms with Crippen LogP contribution in [0.1, 0.15) is 10.4 Å². The van der Waals surface area contributed by atoms with Crippen molar-refractivity contribution >= 4 is 34.1 Å². The van der Waals surface area contributed by atoms with E-state index in [2.05, 4.69) is 5.32 Å². The van der Waals surface area contributed by atoms with E-state index in [0.717, 1.165) is 0 Å². The number of nitrogens with one attached hydrogen (secondary N) is 1. The van der Waals surface area contributed by atoms with E-state index < -0.39 is 5.91 Å². The number of aryl methyl sites for hydroxylation is 1. The third kappa shape index (κ3) is 2.86. The third-order valence-electron chi connectivity index (χ3n) is 3.81. The molecule has 1 amide bonds. The molecule has 0 aliphatic heterocycles. The number of carbonyl (C=O) groups is 1. The van der Waals surface area contributed by atoms with Gasteiger partial charge in [-0.25, -0.2) is 0 Å². The van der Waals surface area contributed by atoms with Crippen LogP contribution in [0.25, 0.3) is 10.9 Å². The topological polar surface area (TPSA) is 60.3 Å². The van der Waals surface area contributed by atoms with Crippen LogP contribution in [0.15, 0.2) is 53.3 Å². The highest BCUT2D eigenvalue weighted by atomic mass is 35.5. The molecule has 0 radical (unpaired) electrons. The zero-order chi connectivity index (χ0) is 17.3. The molecule has 0 spiro atoms. The third-order valence-corrected chi connectivity index (χ3v) is 4.04. The lowest BCUT2D eigenvalue weighted by Gasteiger charge is -2.13. The fourth-order valence-corrected chi connectivity index (χ4v) is 2.74. The van der Waals surface area contributed by atoms with E-state index in [1.54, 1.807) is 37.4 Å². The summed E-state index contributed by atoms with van der Waals surface area (Å²) in [6.45, 7) is 0. The number of hydrogen-bond donors (Lipinski definition) is 1. The van der Waals surface area contributed by atoms with E-state index >= 15 is 0 Å². The van der Waals surface area contributed by atoms with Gasteiger partial charge in [0.1, 0.15) is 5.75 Å². The maximum atomic E-state index is 12.7. The molecule has 0 bridgehead atoms. The molecule has 3 rings (SSSR count). The Kier molecular flexibility index (Phi) is 4.27. The van der Waals surface area contributed by atoms with E-state index in [1.807, 2.05) is 12.1 Å². The van der Waals surface area contributed by atoms with Crippen molar-refractivity contribution in [3.63, 3.8) is 0 Å². The number of pyridine rings is 1. The number of carbonyl (C=O) groups excluding carboxylic acids is 1. The summed E-state index contributed by atoms with van der Waals surface area (Å²) in [6.07, 6.45) is 0. The van der Waals surface area contributed by atoms with Gasteiger partial charge in [-0.05, 0) is 24.3 Å². The predicted molar refractivity (Wildman–Crippen MR) is 95.1 cm³/mol. The number of halogens is 1. The predicted octanol–water partition coefficient (Wildman–Crippen LogP) is 3.45. The molecule has 0 aliphatic carbocycles. The summed E-state index contributed by atoms with van der Waals surface area (Å²) in [6, 6.07) is 13.5. The van der Waals surface area contributed by atoms with Crippen molar-refractivity contribution in [1.82, 2.24) is 4.57 Å². The Bertz CT molecular complexity index is 995. The summed E-state index contributed by atoms with van der Waals surface area (Å²) in [4.78, 5) is 24.8. The molecule has 0 unspecified atom stereocenters. The molecule has 3 aromatic rings. The van der Waals surface area contributed by atoms with Crippen LogP contribution in [0.3, 0.4) is 0 Å². The average Bonchev–Trinajstić information content (AvgIpc) is 2.58. The van der Waals surface area contributed by atoms with E-state index in [1.165, 1.54) is 17.7 Å². The van der Waals surface area contributed by atoms with Gasteiger partial charge in [0, 0.05) is 23.5 Å². The van der Waals surface area contributed by atoms with Crippen LogP contribution in [-0.2, 0) is 7.05 Å². The number of amides is 1. The number of fused-ring (bicyclic) bond motifs is 1. The van der Waals surface area contributed by atoms with Crippen LogP contribution in [0.2, 0.25) is 5.02 Å². The van der Waals surface area contributed by atoms with Gasteiger partial charge in [0.25, 0.3) is 11.5 Å². The first kappa shape index (κ1) is 16.1. The molecule has 2 aromatic carbocycles. The summed E-state index contributed by atoms with van der Waals surface area (Å²) >= 11 is 5.98. The van der Waals surface area contributed by atoms with Crippen LogP contribution in [-0.4, -0.2) is 17.6 Å². The van der Waals surface area contributed by atoms with Gasteiger partial charge >= 0.3 is 0 Å². The Morgan fingerprint density at radius 1 is 1.17 bits per heavy atom. The molecule has 0 saturated carbocycles. The number of para-hydroxylation sites is 1. The Labute approximate surface area is 143 Å². The lowest BCUT2D eigenvalue weighted by molar-refractivity contribution is 0.102. The van der Waals surface area contributed by atoms with Gasteiger partial charge in [0.2, 0.25) is 0 Å². The van der Waals surface area contributed by atoms with Gasteiger partial charge in [-0.2, -0.15) is 0 Å². The lowest BCUT2D eigenvalue weighted by Crippen LogP contribution is -2.21. The van der Waals surface area contributed by atoms with Crippen LogP contribution >= 0.6 is 11.6 Å². The number of methoxy groups -OCH3 is 1. The second-order valence-corrected chi connectivity index (χ2v) is 5.71. The van der Waals surface area contributed by atoms with Crippen LogP contribution in [0.4, 0.5) is 5.69 Å². The van der Waals surface area contributed by atoms with Crippen molar-refractivity contribution in [2.75, 3.05) is 12.4 Å². The second kappa shape index (κ2) is 6.37. The monoisotopic (exact) mass is 342 g/mol. The Morgan fingerprint density at radius 3 is 2.67 bits per heavy atom. The molecule has 24 heavy (non-hydrogen) atoms. The SMILES string of the molecule is COc1ccc(Cl)cc1NC(=O)c1cc(=O)n(C)c2ccccc12. The van der Waals surface area contributed by atoms with Crippen molar-refractivity contribution in [2.24, 2.45) is 7.05 Å². The minimum atomic E-state index is -0.399. The Hall–Kier alpha value is -2.79. The summed E-state index contributed by atoms with van der Waals surface area (Å²) in [7, 11) is 3.18. The van der Waals surface area contributed by atoms with Gasteiger partial charge < -0.3 is 14.6 Å². The molecule has 122 valence electrons. The minimum Gasteiger partial charge on any atom is -0.495 e. The first-order valence-electron chi connectivity index (χ1n) is 7.25. The Morgan fingerprint density at radius 2 is 1.92 bits per heavy atom. The number of hydrogen-bond acceptors (Lipinski definition) is 3. The lowest BCUT2D eigenvalue weighted by atomic mass is 10.1. The van der Waals surface area contributed by atoms with E-state index in [-0.39, 0.29) is 5.56 Å². The van der Waals surface area contributed by atoms with E-state index in [4.69, 9.17) is 16.3 Å². The maximum Gasteiger partial charge on any atom is 0.256 e. The van der Waals surface area contributed by atoms with Gasteiger partial charge in [-0.3, -0.25) is 9.59 Å². The van der Waals surface area contributed by atoms with Crippen LogP contribution in [0.5, 0.6) is 5.75 Å². The zero-order valence-electron chi connectivity index (χ0n) is 13.2. The van der Waals surface area contributed by atoms with Crippen LogP contribution < -0.4 is 15.6 Å². The zero-order valence-corrected chi connectivity index (χ0v) is 13.9. The highest BCUT2D eigenvalue weighted by molar-refractivity contribution is 6.31. The quantitative estimate of drug-likeness (QED) is 0.793. The summed E-state index contributed by atoms with van der Waals surface area (Å²) in [5, 5.41) is 3.93. The van der Waals surface area contributed by atoms with Crippen molar-refractivity contribution in [3.8, 4) is 5.75 Å². The fourth-order valence-electron chi connectivity index (χ4n) is 2.57. The smallest absolute Gasteiger partial charge is 0.256 e. The maximum absolute atomic E-state index is 12.7. The van der Waals surface area contributed by atoms with Gasteiger partial charge in [-0.15, -0.1) is 0 Å². The van der Waals surface area contributed by atoms with Gasteiger partial charge in [0.15, 0.2) is 0 Å². The largest absolute Gasteiger partial charge is 0.495 e. The normalized spacial score (nSPS) is 10.6. The van der Waals surface area contributed by atoms with Gasteiger partial charge in [0.05, 0.1) is 23.9 Å². The minimum absolute atomic E-state index is 0.253. The molecule has 1 aromatic heterocycles. The summed E-state index contributed by atoms with van der Waals surface area (Å²) < 4.78 is 6.73. The molecule has 5 nitrogen and oxygen atoms in total. The average molecular weight is 343 g/mol. The van der Waals surface area contributed by atoms with Crippen molar-refractivity contribution in [2.45, 2.75) is 0 Å². The molecule has 6 heteroatoms. The number of benzene rings is 2. The highest BCUT2D eigenvalue weighted by Crippen LogP contribution is 2.28. The van der Waals surface area contributed by atoms with Gasteiger partial charge in [-0.1, -0.05) is 29.8 Å². The number of nitrogens with zero attached hydrogens (tertiary/aromatic N) is 1. The number of rotatable bonds is 3. The van der Waals surface area contributed by atoms with Crippen molar-refractivity contribution in [3.05, 3.63) is 69.5 Å². The van der Waals surface area contributed by atoms with E-state index in [9.17, 15) is 9.59 Å². The van der Waals surface area contributed by atoms with Crippen LogP contribution in [0, 0.1) is 0 Å². The first-order chi connectivity index (χ1) is 11.5. The summed E-state index contributed by atoms with van der Waals surface area (Å²) in [5.74, 6) is 0.0883. The molecular formula is C18H15ClN2O3. The number of ether oxygens (including phenoxy) is 1. The molecule has 1 heterocycles. The molecule has 0 saturated heterocycles. The second-order valence-electron chi connectivity index (χ2n) is 5.27. The number of anilines is 1. The van der Waals surface area contributed by atoms with E-state index in [0.29, 0.717) is 32.9 Å². The standard InChI is InChI=1S/C18H15ClN2O3/c1-21-15-6-4-3-5-12(15)13(10-17(21)22)18(23)20-14-9-11(19)7-8-16(14)24-2/h3-10H,1-2H3,(H,20,23). The molecule has 1 N–H and O–H groups in total. The molecule has 0 atom stereocenters. The molecule has 0 aliphatic rings. The molecular weight excluding hydrogens is 328 g/mol. The molecule has 0 fully saturated rings. The first-order valence-corrected chi connectivity index (χ1v) is 7.62. The number of aromatic nitrogens is 1. The fraction of sp³-hybridized carbons (Fsp3) is 0.111. The van der Waals surface area contributed by atoms with Crippen molar-refractivity contribution < 1.29 is 9.53 Å². The van der Waals surface area contributed by atoms with Crippen molar-refractivity contribution in [1.29, 1.82) is 0 Å². The Balaban J connectivity index is 2.09.